The number of phenolic OH excluding ortho intramolecular Hbond substituents is 1. The number of carbonyl (C=O) groups excluding carboxylic acids is 1. The Labute approximate surface area is 135 Å². The molecule has 0 radical (unpaired) electrons. The Bertz CT molecular complexity index is 462. The summed E-state index contributed by atoms with van der Waals surface area (Å²) in [6.07, 6.45) is 0. The van der Waals surface area contributed by atoms with Gasteiger partial charge in [0.15, 0.2) is 0 Å². The first-order valence-electron chi connectivity index (χ1n) is 6.18. The number of piperazine rings is 1. The zero-order valence-corrected chi connectivity index (χ0v) is 14.2. The van der Waals surface area contributed by atoms with Crippen molar-refractivity contribution in [3.8, 4) is 5.75 Å². The van der Waals surface area contributed by atoms with Gasteiger partial charge in [-0.25, -0.2) is 0 Å². The van der Waals surface area contributed by atoms with E-state index in [1.54, 1.807) is 18.2 Å². The van der Waals surface area contributed by atoms with Crippen LogP contribution in [-0.4, -0.2) is 58.9 Å². The molecule has 1 aromatic rings. The number of amides is 1. The molecule has 1 aliphatic rings. The molecule has 0 unspecified atom stereocenters. The van der Waals surface area contributed by atoms with Crippen LogP contribution in [-0.2, 0) is 0 Å². The standard InChI is InChI=1S/C13H16BrIN2O2/c14-3-4-16-5-7-17(8-6-16)13(19)10-1-2-11(15)12(18)9-10/h1-2,9,18H,3-8H2. The van der Waals surface area contributed by atoms with E-state index >= 15 is 0 Å². The van der Waals surface area contributed by atoms with Crippen molar-refractivity contribution in [2.45, 2.75) is 0 Å². The van der Waals surface area contributed by atoms with Gasteiger partial charge in [-0.2, -0.15) is 0 Å². The van der Waals surface area contributed by atoms with Crippen LogP contribution in [0.1, 0.15) is 10.4 Å². The van der Waals surface area contributed by atoms with Gasteiger partial charge in [-0.15, -0.1) is 0 Å². The zero-order chi connectivity index (χ0) is 13.8. The van der Waals surface area contributed by atoms with E-state index in [4.69, 9.17) is 0 Å². The van der Waals surface area contributed by atoms with Gasteiger partial charge in [-0.3, -0.25) is 9.69 Å². The highest BCUT2D eigenvalue weighted by Crippen LogP contribution is 2.21. The molecule has 1 fully saturated rings. The number of halogens is 2. The summed E-state index contributed by atoms with van der Waals surface area (Å²) in [5, 5.41) is 10.6. The minimum Gasteiger partial charge on any atom is -0.507 e. The van der Waals surface area contributed by atoms with Gasteiger partial charge in [0, 0.05) is 43.6 Å². The summed E-state index contributed by atoms with van der Waals surface area (Å²) in [5.74, 6) is 0.176. The lowest BCUT2D eigenvalue weighted by atomic mass is 10.1. The Morgan fingerprint density at radius 1 is 1.32 bits per heavy atom. The predicted octanol–water partition coefficient (Wildman–Crippen LogP) is 2.15. The molecule has 0 aliphatic carbocycles. The van der Waals surface area contributed by atoms with Crippen LogP contribution in [0.3, 0.4) is 0 Å². The predicted molar refractivity (Wildman–Crippen MR) is 87.0 cm³/mol. The highest BCUT2D eigenvalue weighted by molar-refractivity contribution is 14.1. The summed E-state index contributed by atoms with van der Waals surface area (Å²) in [6, 6.07) is 5.09. The third-order valence-corrected chi connectivity index (χ3v) is 4.52. The normalized spacial score (nSPS) is 16.6. The second-order valence-corrected chi connectivity index (χ2v) is 6.44. The molecule has 0 spiro atoms. The largest absolute Gasteiger partial charge is 0.507 e. The van der Waals surface area contributed by atoms with Gasteiger partial charge in [0.05, 0.1) is 3.57 Å². The summed E-state index contributed by atoms with van der Waals surface area (Å²) in [6.45, 7) is 4.34. The summed E-state index contributed by atoms with van der Waals surface area (Å²) in [4.78, 5) is 16.5. The van der Waals surface area contributed by atoms with Crippen LogP contribution in [0.15, 0.2) is 18.2 Å². The number of nitrogens with zero attached hydrogens (tertiary/aromatic N) is 2. The van der Waals surface area contributed by atoms with Crippen molar-refractivity contribution in [1.29, 1.82) is 0 Å². The molecule has 4 nitrogen and oxygen atoms in total. The average Bonchev–Trinajstić information content (AvgIpc) is 2.42. The molecule has 0 aromatic heterocycles. The van der Waals surface area contributed by atoms with Gasteiger partial charge in [-0.1, -0.05) is 15.9 Å². The Morgan fingerprint density at radius 3 is 2.58 bits per heavy atom. The van der Waals surface area contributed by atoms with Gasteiger partial charge < -0.3 is 10.0 Å². The molecule has 1 heterocycles. The maximum absolute atomic E-state index is 12.3. The average molecular weight is 439 g/mol. The van der Waals surface area contributed by atoms with Gasteiger partial charge in [0.2, 0.25) is 0 Å². The van der Waals surface area contributed by atoms with Gasteiger partial charge in [0.1, 0.15) is 5.75 Å². The summed E-state index contributed by atoms with van der Waals surface area (Å²) in [5.41, 5.74) is 0.562. The number of rotatable bonds is 3. The van der Waals surface area contributed by atoms with Crippen molar-refractivity contribution in [2.24, 2.45) is 0 Å². The van der Waals surface area contributed by atoms with E-state index in [1.165, 1.54) is 0 Å². The van der Waals surface area contributed by atoms with E-state index in [0.717, 1.165) is 41.6 Å². The van der Waals surface area contributed by atoms with E-state index in [0.29, 0.717) is 5.56 Å². The molecule has 1 saturated heterocycles. The van der Waals surface area contributed by atoms with E-state index < -0.39 is 0 Å². The van der Waals surface area contributed by atoms with Crippen LogP contribution in [0, 0.1) is 3.57 Å². The fourth-order valence-corrected chi connectivity index (χ4v) is 2.96. The molecule has 1 N–H and O–H groups in total. The summed E-state index contributed by atoms with van der Waals surface area (Å²) >= 11 is 5.47. The van der Waals surface area contributed by atoms with E-state index in [2.05, 4.69) is 20.8 Å². The van der Waals surface area contributed by atoms with Crippen LogP contribution in [0.2, 0.25) is 0 Å². The molecule has 1 aliphatic heterocycles. The Balaban J connectivity index is 1.99. The minimum atomic E-state index is 0.00481. The highest BCUT2D eigenvalue weighted by Gasteiger charge is 2.22. The lowest BCUT2D eigenvalue weighted by Crippen LogP contribution is -2.49. The number of alkyl halides is 1. The molecular weight excluding hydrogens is 423 g/mol. The molecule has 0 saturated carbocycles. The number of carbonyl (C=O) groups is 1. The molecule has 0 bridgehead atoms. The summed E-state index contributed by atoms with van der Waals surface area (Å²) in [7, 11) is 0. The molecule has 104 valence electrons. The first-order chi connectivity index (χ1) is 9.11. The second kappa shape index (κ2) is 6.90. The Kier molecular flexibility index (Phi) is 5.47. The smallest absolute Gasteiger partial charge is 0.254 e. The van der Waals surface area contributed by atoms with Crippen molar-refractivity contribution >= 4 is 44.4 Å². The quantitative estimate of drug-likeness (QED) is 0.580. The molecule has 0 atom stereocenters. The van der Waals surface area contributed by atoms with Crippen LogP contribution in [0.5, 0.6) is 5.75 Å². The number of hydrogen-bond acceptors (Lipinski definition) is 3. The van der Waals surface area contributed by atoms with Crippen molar-refractivity contribution in [2.75, 3.05) is 38.1 Å². The molecule has 1 amide bonds. The monoisotopic (exact) mass is 438 g/mol. The maximum atomic E-state index is 12.3. The molecule has 2 rings (SSSR count). The maximum Gasteiger partial charge on any atom is 0.254 e. The first kappa shape index (κ1) is 15.1. The van der Waals surface area contributed by atoms with E-state index in [1.807, 2.05) is 27.5 Å². The third-order valence-electron chi connectivity index (χ3n) is 3.25. The Morgan fingerprint density at radius 2 is 2.00 bits per heavy atom. The highest BCUT2D eigenvalue weighted by atomic mass is 127. The molecular formula is C13H16BrIN2O2. The van der Waals surface area contributed by atoms with Gasteiger partial charge in [-0.05, 0) is 40.8 Å². The van der Waals surface area contributed by atoms with Crippen LogP contribution >= 0.6 is 38.5 Å². The van der Waals surface area contributed by atoms with Crippen LogP contribution in [0.25, 0.3) is 0 Å². The van der Waals surface area contributed by atoms with E-state index in [9.17, 15) is 9.90 Å². The SMILES string of the molecule is O=C(c1ccc(I)c(O)c1)N1CCN(CCBr)CC1. The van der Waals surface area contributed by atoms with Crippen LogP contribution in [0.4, 0.5) is 0 Å². The van der Waals surface area contributed by atoms with Crippen molar-refractivity contribution in [3.05, 3.63) is 27.3 Å². The molecule has 6 heteroatoms. The fourth-order valence-electron chi connectivity index (χ4n) is 2.12. The number of phenols is 1. The number of aromatic hydroxyl groups is 1. The number of hydrogen-bond donors (Lipinski definition) is 1. The lowest BCUT2D eigenvalue weighted by Gasteiger charge is -2.34. The van der Waals surface area contributed by atoms with E-state index in [-0.39, 0.29) is 11.7 Å². The van der Waals surface area contributed by atoms with Crippen molar-refractivity contribution in [1.82, 2.24) is 9.80 Å². The Hall–Kier alpha value is -0.340. The topological polar surface area (TPSA) is 43.8 Å². The third kappa shape index (κ3) is 3.82. The first-order valence-corrected chi connectivity index (χ1v) is 8.38. The van der Waals surface area contributed by atoms with Crippen molar-refractivity contribution < 1.29 is 9.90 Å². The minimum absolute atomic E-state index is 0.00481. The van der Waals surface area contributed by atoms with Gasteiger partial charge >= 0.3 is 0 Å². The second-order valence-electron chi connectivity index (χ2n) is 4.49. The molecule has 1 aromatic carbocycles. The number of benzene rings is 1. The van der Waals surface area contributed by atoms with Crippen LogP contribution < -0.4 is 0 Å². The lowest BCUT2D eigenvalue weighted by molar-refractivity contribution is 0.0644. The molecule has 19 heavy (non-hydrogen) atoms. The van der Waals surface area contributed by atoms with Crippen molar-refractivity contribution in [3.63, 3.8) is 0 Å². The van der Waals surface area contributed by atoms with Gasteiger partial charge in [0.25, 0.3) is 5.91 Å². The summed E-state index contributed by atoms with van der Waals surface area (Å²) < 4.78 is 0.760. The fraction of sp³-hybridized carbons (Fsp3) is 0.462. The zero-order valence-electron chi connectivity index (χ0n) is 10.5.